The number of pyridine rings is 1. The molecule has 2 aromatic heterocycles. The Balaban J connectivity index is 2.18. The fraction of sp³-hybridized carbons (Fsp3) is 0.222. The minimum absolute atomic E-state index is 0.199. The molecule has 1 amide bonds. The van der Waals surface area contributed by atoms with E-state index < -0.39 is 0 Å². The van der Waals surface area contributed by atoms with Crippen molar-refractivity contribution >= 4 is 11.9 Å². The minimum atomic E-state index is -0.346. The van der Waals surface area contributed by atoms with Gasteiger partial charge in [-0.25, -0.2) is 10.1 Å². The van der Waals surface area contributed by atoms with E-state index in [1.165, 1.54) is 0 Å². The van der Waals surface area contributed by atoms with Crippen LogP contribution in [0.2, 0.25) is 0 Å². The van der Waals surface area contributed by atoms with Gasteiger partial charge in [-0.2, -0.15) is 0 Å². The van der Waals surface area contributed by atoms with Gasteiger partial charge < -0.3 is 0 Å². The van der Waals surface area contributed by atoms with E-state index in [-0.39, 0.29) is 11.9 Å². The third kappa shape index (κ3) is 2.02. The van der Waals surface area contributed by atoms with Crippen molar-refractivity contribution in [3.05, 3.63) is 29.1 Å². The average Bonchev–Trinajstić information content (AvgIpc) is 2.74. The highest BCUT2D eigenvalue weighted by Gasteiger charge is 2.10. The third-order valence-corrected chi connectivity index (χ3v) is 2.16. The van der Waals surface area contributed by atoms with Crippen molar-refractivity contribution in [1.82, 2.24) is 25.6 Å². The number of H-pyrrole nitrogens is 1. The molecule has 0 aliphatic heterocycles. The molecule has 0 radical (unpaired) electrons. The lowest BCUT2D eigenvalue weighted by atomic mass is 10.2. The van der Waals surface area contributed by atoms with Crippen molar-refractivity contribution in [2.24, 2.45) is 0 Å². The van der Waals surface area contributed by atoms with E-state index in [4.69, 9.17) is 0 Å². The molecule has 0 spiro atoms. The first-order valence-corrected chi connectivity index (χ1v) is 4.66. The van der Waals surface area contributed by atoms with Gasteiger partial charge in [0.1, 0.15) is 5.69 Å². The summed E-state index contributed by atoms with van der Waals surface area (Å²) in [6.45, 7) is 3.78. The molecule has 2 heterocycles. The number of aromatic amines is 1. The number of amides is 1. The topological polar surface area (TPSA) is 96.5 Å². The number of nitrogens with one attached hydrogen (secondary N) is 2. The smallest absolute Gasteiger partial charge is 0.276 e. The maximum absolute atomic E-state index is 11.7. The van der Waals surface area contributed by atoms with Crippen LogP contribution in [-0.2, 0) is 0 Å². The zero-order valence-electron chi connectivity index (χ0n) is 8.85. The number of carbonyl (C=O) groups excluding carboxylic acids is 1. The highest BCUT2D eigenvalue weighted by atomic mass is 16.2. The highest BCUT2D eigenvalue weighted by Crippen LogP contribution is 2.06. The van der Waals surface area contributed by atoms with E-state index >= 15 is 0 Å². The maximum atomic E-state index is 11.7. The van der Waals surface area contributed by atoms with Gasteiger partial charge in [0.15, 0.2) is 0 Å². The van der Waals surface area contributed by atoms with Crippen molar-refractivity contribution in [1.29, 1.82) is 0 Å². The van der Waals surface area contributed by atoms with Crippen molar-refractivity contribution < 1.29 is 4.79 Å². The molecular weight excluding hydrogens is 208 g/mol. The molecule has 7 nitrogen and oxygen atoms in total. The normalized spacial score (nSPS) is 10.1. The minimum Gasteiger partial charge on any atom is -0.288 e. The maximum Gasteiger partial charge on any atom is 0.276 e. The fourth-order valence-corrected chi connectivity index (χ4v) is 1.14. The third-order valence-electron chi connectivity index (χ3n) is 2.16. The second-order valence-corrected chi connectivity index (χ2v) is 3.30. The summed E-state index contributed by atoms with van der Waals surface area (Å²) in [4.78, 5) is 15.8. The van der Waals surface area contributed by atoms with E-state index in [2.05, 4.69) is 30.9 Å². The Morgan fingerprint density at radius 3 is 2.81 bits per heavy atom. The molecule has 2 N–H and O–H groups in total. The number of rotatable bonds is 2. The first-order chi connectivity index (χ1) is 7.66. The van der Waals surface area contributed by atoms with Crippen LogP contribution < -0.4 is 5.32 Å². The van der Waals surface area contributed by atoms with E-state index in [0.29, 0.717) is 5.69 Å². The molecule has 0 fully saturated rings. The molecule has 2 aromatic rings. The number of aromatic nitrogens is 5. The molecule has 0 saturated heterocycles. The van der Waals surface area contributed by atoms with Crippen molar-refractivity contribution in [2.45, 2.75) is 13.8 Å². The van der Waals surface area contributed by atoms with Crippen LogP contribution in [0.4, 0.5) is 5.95 Å². The lowest BCUT2D eigenvalue weighted by molar-refractivity contribution is 0.102. The Morgan fingerprint density at radius 2 is 2.19 bits per heavy atom. The van der Waals surface area contributed by atoms with Crippen LogP contribution >= 0.6 is 0 Å². The molecule has 0 aromatic carbocycles. The monoisotopic (exact) mass is 218 g/mol. The van der Waals surface area contributed by atoms with Crippen LogP contribution in [0, 0.1) is 13.8 Å². The summed E-state index contributed by atoms with van der Waals surface area (Å²) in [7, 11) is 0. The number of tetrazole rings is 1. The molecule has 0 saturated carbocycles. The zero-order chi connectivity index (χ0) is 11.5. The molecule has 0 aliphatic carbocycles. The summed E-state index contributed by atoms with van der Waals surface area (Å²) >= 11 is 0. The number of nitrogens with zero attached hydrogens (tertiary/aromatic N) is 4. The van der Waals surface area contributed by atoms with Crippen LogP contribution in [0.5, 0.6) is 0 Å². The standard InChI is InChI=1S/C9H10N6O/c1-5-3-4-7(10-6(5)2)8(16)11-9-12-14-15-13-9/h3-4H,1-2H3,(H2,11,12,13,14,15,16). The zero-order valence-corrected chi connectivity index (χ0v) is 8.85. The van der Waals surface area contributed by atoms with Crippen molar-refractivity contribution in [3.8, 4) is 0 Å². The van der Waals surface area contributed by atoms with Crippen LogP contribution in [0.3, 0.4) is 0 Å². The van der Waals surface area contributed by atoms with Gasteiger partial charge in [-0.1, -0.05) is 11.2 Å². The van der Waals surface area contributed by atoms with E-state index in [1.807, 2.05) is 19.9 Å². The summed E-state index contributed by atoms with van der Waals surface area (Å²) in [6.07, 6.45) is 0. The predicted octanol–water partition coefficient (Wildman–Crippen LogP) is 0.464. The van der Waals surface area contributed by atoms with E-state index in [1.54, 1.807) is 6.07 Å². The second-order valence-electron chi connectivity index (χ2n) is 3.30. The van der Waals surface area contributed by atoms with Crippen LogP contribution in [0.25, 0.3) is 0 Å². The summed E-state index contributed by atoms with van der Waals surface area (Å²) < 4.78 is 0. The van der Waals surface area contributed by atoms with Gasteiger partial charge in [-0.15, -0.1) is 0 Å². The molecule has 16 heavy (non-hydrogen) atoms. The summed E-state index contributed by atoms with van der Waals surface area (Å²) in [5.41, 5.74) is 2.20. The lowest BCUT2D eigenvalue weighted by Crippen LogP contribution is -2.15. The molecule has 0 aliphatic rings. The van der Waals surface area contributed by atoms with Gasteiger partial charge in [-0.05, 0) is 35.9 Å². The molecular formula is C9H10N6O. The molecule has 82 valence electrons. The van der Waals surface area contributed by atoms with Crippen LogP contribution in [0.1, 0.15) is 21.7 Å². The molecule has 0 bridgehead atoms. The lowest BCUT2D eigenvalue weighted by Gasteiger charge is -2.03. The molecule has 0 unspecified atom stereocenters. The SMILES string of the molecule is Cc1ccc(C(=O)Nc2nnn[nH]2)nc1C. The molecule has 7 heteroatoms. The van der Waals surface area contributed by atoms with E-state index in [9.17, 15) is 4.79 Å². The molecule has 2 rings (SSSR count). The fourth-order valence-electron chi connectivity index (χ4n) is 1.14. The van der Waals surface area contributed by atoms with Crippen LogP contribution in [-0.4, -0.2) is 31.5 Å². The van der Waals surface area contributed by atoms with Gasteiger partial charge in [-0.3, -0.25) is 10.1 Å². The number of carbonyl (C=O) groups is 1. The summed E-state index contributed by atoms with van der Waals surface area (Å²) in [5.74, 6) is -0.147. The molecule has 0 atom stereocenters. The Labute approximate surface area is 91.3 Å². The van der Waals surface area contributed by atoms with Crippen LogP contribution in [0.15, 0.2) is 12.1 Å². The first-order valence-electron chi connectivity index (χ1n) is 4.66. The van der Waals surface area contributed by atoms with Gasteiger partial charge in [0, 0.05) is 5.69 Å². The van der Waals surface area contributed by atoms with Gasteiger partial charge in [0.2, 0.25) is 5.95 Å². The summed E-state index contributed by atoms with van der Waals surface area (Å²) in [6, 6.07) is 3.50. The van der Waals surface area contributed by atoms with Gasteiger partial charge >= 0.3 is 0 Å². The van der Waals surface area contributed by atoms with Gasteiger partial charge in [0.05, 0.1) is 0 Å². The summed E-state index contributed by atoms with van der Waals surface area (Å²) in [5, 5.41) is 15.2. The first kappa shape index (κ1) is 10.2. The Kier molecular flexibility index (Phi) is 2.59. The number of anilines is 1. The van der Waals surface area contributed by atoms with Gasteiger partial charge in [0.25, 0.3) is 5.91 Å². The van der Waals surface area contributed by atoms with Crippen molar-refractivity contribution in [3.63, 3.8) is 0 Å². The Bertz CT molecular complexity index is 507. The highest BCUT2D eigenvalue weighted by molar-refractivity contribution is 6.01. The number of aryl methyl sites for hydroxylation is 2. The van der Waals surface area contributed by atoms with Crippen molar-refractivity contribution in [2.75, 3.05) is 5.32 Å². The van der Waals surface area contributed by atoms with E-state index in [0.717, 1.165) is 11.3 Å². The average molecular weight is 218 g/mol. The largest absolute Gasteiger partial charge is 0.288 e. The Hall–Kier alpha value is -2.31. The second kappa shape index (κ2) is 4.05. The number of hydrogen-bond acceptors (Lipinski definition) is 5. The Morgan fingerprint density at radius 1 is 1.38 bits per heavy atom. The predicted molar refractivity (Wildman–Crippen MR) is 55.8 cm³/mol. The quantitative estimate of drug-likeness (QED) is 0.763. The number of hydrogen-bond donors (Lipinski definition) is 2.